The van der Waals surface area contributed by atoms with Crippen molar-refractivity contribution in [2.24, 2.45) is 0 Å². The number of carboxylic acids is 1. The van der Waals surface area contributed by atoms with Crippen molar-refractivity contribution < 1.29 is 24.6 Å². The molecule has 0 radical (unpaired) electrons. The Morgan fingerprint density at radius 1 is 1.20 bits per heavy atom. The molecule has 2 amide bonds. The number of carboxylic acid groups (broad SMARTS) is 1. The fraction of sp³-hybridized carbons (Fsp3) is 0.308. The number of hydrogen-bond acceptors (Lipinski definition) is 4. The summed E-state index contributed by atoms with van der Waals surface area (Å²) in [6.45, 7) is 1.09. The van der Waals surface area contributed by atoms with Gasteiger partial charge >= 0.3 is 12.0 Å². The number of ketones is 1. The number of carbonyl (C=O) groups excluding carboxylic acids is 2. The maximum absolute atomic E-state index is 11.6. The Labute approximate surface area is 115 Å². The van der Waals surface area contributed by atoms with Crippen LogP contribution in [0.15, 0.2) is 24.3 Å². The molecule has 7 heteroatoms. The van der Waals surface area contributed by atoms with E-state index < -0.39 is 18.0 Å². The molecule has 0 aliphatic rings. The highest BCUT2D eigenvalue weighted by atomic mass is 16.4. The number of Topliss-reactive ketones (excluding diaryl/α,β-unsaturated/α-hetero) is 1. The van der Waals surface area contributed by atoms with E-state index >= 15 is 0 Å². The molecule has 1 aromatic rings. The molecule has 0 aliphatic carbocycles. The summed E-state index contributed by atoms with van der Waals surface area (Å²) < 4.78 is 0. The third-order valence-corrected chi connectivity index (χ3v) is 2.57. The largest absolute Gasteiger partial charge is 0.480 e. The molecular formula is C13H16N2O5. The van der Waals surface area contributed by atoms with E-state index in [1.807, 2.05) is 0 Å². The number of carbonyl (C=O) groups is 3. The van der Waals surface area contributed by atoms with E-state index in [0.717, 1.165) is 0 Å². The van der Waals surface area contributed by atoms with Crippen LogP contribution in [0, 0.1) is 0 Å². The monoisotopic (exact) mass is 280 g/mol. The zero-order valence-corrected chi connectivity index (χ0v) is 10.9. The van der Waals surface area contributed by atoms with Gasteiger partial charge in [-0.3, -0.25) is 4.79 Å². The summed E-state index contributed by atoms with van der Waals surface area (Å²) in [5, 5.41) is 22.2. The predicted molar refractivity (Wildman–Crippen MR) is 71.7 cm³/mol. The minimum atomic E-state index is -1.22. The average Bonchev–Trinajstić information content (AvgIpc) is 2.38. The minimum Gasteiger partial charge on any atom is -0.480 e. The molecule has 0 saturated carbocycles. The number of anilines is 1. The van der Waals surface area contributed by atoms with E-state index in [4.69, 9.17) is 10.2 Å². The predicted octanol–water partition coefficient (Wildman–Crippen LogP) is 0.846. The lowest BCUT2D eigenvalue weighted by Crippen LogP contribution is -2.43. The second kappa shape index (κ2) is 7.25. The molecule has 4 N–H and O–H groups in total. The lowest BCUT2D eigenvalue weighted by atomic mass is 10.1. The Morgan fingerprint density at radius 2 is 1.80 bits per heavy atom. The Hall–Kier alpha value is -2.41. The summed E-state index contributed by atoms with van der Waals surface area (Å²) in [5.41, 5.74) is 0.945. The van der Waals surface area contributed by atoms with Gasteiger partial charge in [0.1, 0.15) is 6.04 Å². The summed E-state index contributed by atoms with van der Waals surface area (Å²) in [6.07, 6.45) is -0.0774. The quantitative estimate of drug-likeness (QED) is 0.576. The number of nitrogens with one attached hydrogen (secondary N) is 2. The maximum atomic E-state index is 11.6. The number of aliphatic hydroxyl groups is 1. The first-order valence-corrected chi connectivity index (χ1v) is 5.96. The molecule has 0 spiro atoms. The van der Waals surface area contributed by atoms with E-state index in [-0.39, 0.29) is 18.8 Å². The summed E-state index contributed by atoms with van der Waals surface area (Å²) in [6, 6.07) is 4.34. The molecule has 0 aromatic heterocycles. The Kier molecular flexibility index (Phi) is 5.67. The van der Waals surface area contributed by atoms with Crippen LogP contribution >= 0.6 is 0 Å². The van der Waals surface area contributed by atoms with Crippen LogP contribution in [0.1, 0.15) is 23.7 Å². The topological polar surface area (TPSA) is 116 Å². The molecule has 7 nitrogen and oxygen atoms in total. The molecule has 108 valence electrons. The molecule has 1 aromatic carbocycles. The van der Waals surface area contributed by atoms with E-state index in [2.05, 4.69) is 10.6 Å². The van der Waals surface area contributed by atoms with Crippen molar-refractivity contribution in [3.05, 3.63) is 29.8 Å². The van der Waals surface area contributed by atoms with Gasteiger partial charge in [-0.05, 0) is 31.2 Å². The van der Waals surface area contributed by atoms with Crippen molar-refractivity contribution >= 4 is 23.5 Å². The van der Waals surface area contributed by atoms with Gasteiger partial charge in [-0.2, -0.15) is 0 Å². The first kappa shape index (κ1) is 15.6. The van der Waals surface area contributed by atoms with Crippen LogP contribution in [0.5, 0.6) is 0 Å². The maximum Gasteiger partial charge on any atom is 0.326 e. The number of hydrogen-bond donors (Lipinski definition) is 4. The molecule has 1 unspecified atom stereocenters. The number of benzene rings is 1. The number of aliphatic carboxylic acids is 1. The lowest BCUT2D eigenvalue weighted by Gasteiger charge is -2.14. The highest BCUT2D eigenvalue weighted by molar-refractivity contribution is 5.95. The van der Waals surface area contributed by atoms with Gasteiger partial charge < -0.3 is 20.8 Å². The van der Waals surface area contributed by atoms with Crippen molar-refractivity contribution in [3.8, 4) is 0 Å². The Bertz CT molecular complexity index is 498. The number of amides is 2. The zero-order valence-electron chi connectivity index (χ0n) is 10.9. The molecule has 1 atom stereocenters. The van der Waals surface area contributed by atoms with Gasteiger partial charge in [-0.25, -0.2) is 9.59 Å². The summed E-state index contributed by atoms with van der Waals surface area (Å²) in [7, 11) is 0. The van der Waals surface area contributed by atoms with Crippen LogP contribution in [0.3, 0.4) is 0 Å². The number of urea groups is 1. The lowest BCUT2D eigenvalue weighted by molar-refractivity contribution is -0.139. The van der Waals surface area contributed by atoms with Crippen LogP contribution in [0.2, 0.25) is 0 Å². The summed E-state index contributed by atoms with van der Waals surface area (Å²) in [5.74, 6) is -1.31. The summed E-state index contributed by atoms with van der Waals surface area (Å²) >= 11 is 0. The van der Waals surface area contributed by atoms with E-state index in [0.29, 0.717) is 11.3 Å². The Balaban J connectivity index is 2.61. The Morgan fingerprint density at radius 3 is 2.25 bits per heavy atom. The third-order valence-electron chi connectivity index (χ3n) is 2.57. The highest BCUT2D eigenvalue weighted by Crippen LogP contribution is 2.10. The molecule has 20 heavy (non-hydrogen) atoms. The average molecular weight is 280 g/mol. The molecule has 0 fully saturated rings. The number of aliphatic hydroxyl groups excluding tert-OH is 1. The molecule has 0 saturated heterocycles. The van der Waals surface area contributed by atoms with Gasteiger partial charge in [0.2, 0.25) is 0 Å². The smallest absolute Gasteiger partial charge is 0.326 e. The van der Waals surface area contributed by atoms with Crippen LogP contribution in [-0.2, 0) is 4.79 Å². The fourth-order valence-electron chi connectivity index (χ4n) is 1.50. The van der Waals surface area contributed by atoms with Gasteiger partial charge in [-0.15, -0.1) is 0 Å². The first-order valence-electron chi connectivity index (χ1n) is 5.96. The van der Waals surface area contributed by atoms with Crippen molar-refractivity contribution in [1.29, 1.82) is 0 Å². The van der Waals surface area contributed by atoms with E-state index in [1.165, 1.54) is 19.1 Å². The van der Waals surface area contributed by atoms with Crippen LogP contribution in [-0.4, -0.2) is 40.6 Å². The van der Waals surface area contributed by atoms with Gasteiger partial charge in [0.25, 0.3) is 0 Å². The first-order chi connectivity index (χ1) is 9.43. The SMILES string of the molecule is CC(=O)c1ccc(NC(=O)NC(CCO)C(=O)O)cc1. The van der Waals surface area contributed by atoms with Crippen LogP contribution in [0.4, 0.5) is 10.5 Å². The van der Waals surface area contributed by atoms with E-state index in [1.54, 1.807) is 12.1 Å². The van der Waals surface area contributed by atoms with Crippen molar-refractivity contribution in [2.75, 3.05) is 11.9 Å². The molecular weight excluding hydrogens is 264 g/mol. The van der Waals surface area contributed by atoms with Gasteiger partial charge in [0.15, 0.2) is 5.78 Å². The number of rotatable bonds is 6. The minimum absolute atomic E-state index is 0.0774. The van der Waals surface area contributed by atoms with Gasteiger partial charge in [0, 0.05) is 24.3 Å². The van der Waals surface area contributed by atoms with Crippen molar-refractivity contribution in [3.63, 3.8) is 0 Å². The van der Waals surface area contributed by atoms with Gasteiger partial charge in [0.05, 0.1) is 0 Å². The molecule has 0 heterocycles. The fourth-order valence-corrected chi connectivity index (χ4v) is 1.50. The molecule has 1 rings (SSSR count). The third kappa shape index (κ3) is 4.69. The standard InChI is InChI=1S/C13H16N2O5/c1-8(17)9-2-4-10(5-3-9)14-13(20)15-11(6-7-16)12(18)19/h2-5,11,16H,6-7H2,1H3,(H,18,19)(H2,14,15,20). The molecule has 0 bridgehead atoms. The van der Waals surface area contributed by atoms with Crippen molar-refractivity contribution in [1.82, 2.24) is 5.32 Å². The van der Waals surface area contributed by atoms with Crippen LogP contribution < -0.4 is 10.6 Å². The van der Waals surface area contributed by atoms with Gasteiger partial charge in [-0.1, -0.05) is 0 Å². The zero-order chi connectivity index (χ0) is 15.1. The summed E-state index contributed by atoms with van der Waals surface area (Å²) in [4.78, 5) is 33.5. The normalized spacial score (nSPS) is 11.5. The second-order valence-corrected chi connectivity index (χ2v) is 4.14. The van der Waals surface area contributed by atoms with E-state index in [9.17, 15) is 14.4 Å². The molecule has 0 aliphatic heterocycles. The van der Waals surface area contributed by atoms with Crippen molar-refractivity contribution in [2.45, 2.75) is 19.4 Å². The second-order valence-electron chi connectivity index (χ2n) is 4.14. The van der Waals surface area contributed by atoms with Crippen LogP contribution in [0.25, 0.3) is 0 Å². The highest BCUT2D eigenvalue weighted by Gasteiger charge is 2.19.